The van der Waals surface area contributed by atoms with Gasteiger partial charge in [0.2, 0.25) is 0 Å². The zero-order valence-electron chi connectivity index (χ0n) is 10.5. The van der Waals surface area contributed by atoms with Gasteiger partial charge < -0.3 is 5.11 Å². The first-order valence-corrected chi connectivity index (χ1v) is 6.74. The highest BCUT2D eigenvalue weighted by atomic mass is 32.2. The van der Waals surface area contributed by atoms with E-state index in [0.29, 0.717) is 0 Å². The van der Waals surface area contributed by atoms with Crippen LogP contribution in [0, 0.1) is 0 Å². The van der Waals surface area contributed by atoms with Crippen LogP contribution in [0.4, 0.5) is 0 Å². The number of aliphatic carboxylic acids is 1. The van der Waals surface area contributed by atoms with Gasteiger partial charge in [-0.1, -0.05) is 24.3 Å². The minimum absolute atomic E-state index is 0.784. The van der Waals surface area contributed by atoms with E-state index >= 15 is 0 Å². The first kappa shape index (κ1) is 13.4. The molecule has 0 radical (unpaired) electrons. The number of nitrogens with zero attached hydrogens (tertiary/aromatic N) is 2. The van der Waals surface area contributed by atoms with Gasteiger partial charge in [-0.15, -0.1) is 11.8 Å². The Morgan fingerprint density at radius 2 is 2.26 bits per heavy atom. The molecule has 0 amide bonds. The molecule has 0 aliphatic carbocycles. The van der Waals surface area contributed by atoms with Crippen molar-refractivity contribution in [2.75, 3.05) is 0 Å². The van der Waals surface area contributed by atoms with Crippen LogP contribution < -0.4 is 0 Å². The maximum atomic E-state index is 10.6. The van der Waals surface area contributed by atoms with Crippen LogP contribution >= 0.6 is 11.8 Å². The highest BCUT2D eigenvalue weighted by molar-refractivity contribution is 7.98. The Morgan fingerprint density at radius 3 is 2.95 bits per heavy atom. The van der Waals surface area contributed by atoms with Crippen molar-refractivity contribution in [2.45, 2.75) is 10.6 Å². The molecule has 1 aromatic heterocycles. The number of carboxylic acid groups (broad SMARTS) is 1. The highest BCUT2D eigenvalue weighted by Crippen LogP contribution is 2.24. The summed E-state index contributed by atoms with van der Waals surface area (Å²) in [6.45, 7) is 0. The largest absolute Gasteiger partial charge is 0.478 e. The van der Waals surface area contributed by atoms with Crippen molar-refractivity contribution >= 4 is 23.8 Å². The van der Waals surface area contributed by atoms with E-state index in [0.717, 1.165) is 27.9 Å². The first-order chi connectivity index (χ1) is 9.15. The van der Waals surface area contributed by atoms with E-state index in [1.165, 1.54) is 0 Å². The number of aryl methyl sites for hydroxylation is 1. The van der Waals surface area contributed by atoms with E-state index in [1.54, 1.807) is 22.5 Å². The summed E-state index contributed by atoms with van der Waals surface area (Å²) in [7, 11) is 1.88. The zero-order valence-corrected chi connectivity index (χ0v) is 11.3. The van der Waals surface area contributed by atoms with Crippen LogP contribution in [0.2, 0.25) is 0 Å². The van der Waals surface area contributed by atoms with Gasteiger partial charge in [0.05, 0.1) is 6.20 Å². The molecule has 98 valence electrons. The molecule has 0 bridgehead atoms. The molecule has 0 atom stereocenters. The Morgan fingerprint density at radius 1 is 1.47 bits per heavy atom. The van der Waals surface area contributed by atoms with Gasteiger partial charge in [0.25, 0.3) is 0 Å². The lowest BCUT2D eigenvalue weighted by Gasteiger charge is -2.04. The third-order valence-electron chi connectivity index (χ3n) is 2.54. The third-order valence-corrected chi connectivity index (χ3v) is 3.54. The van der Waals surface area contributed by atoms with Crippen LogP contribution in [0.1, 0.15) is 11.1 Å². The molecule has 1 heterocycles. The number of carbonyl (C=O) groups is 1. The molecule has 0 fully saturated rings. The van der Waals surface area contributed by atoms with E-state index in [9.17, 15) is 4.79 Å². The maximum Gasteiger partial charge on any atom is 0.328 e. The smallest absolute Gasteiger partial charge is 0.328 e. The standard InChI is InChI=1S/C14H14N2O2S/c1-16-9-13(8-15-16)19-10-12-5-3-2-4-11(12)6-7-14(17)18/h2-9H,10H2,1H3,(H,17,18). The second-order valence-electron chi connectivity index (χ2n) is 4.01. The fourth-order valence-corrected chi connectivity index (χ4v) is 2.56. The molecular weight excluding hydrogens is 260 g/mol. The molecule has 0 aliphatic heterocycles. The van der Waals surface area contributed by atoms with E-state index < -0.39 is 5.97 Å². The van der Waals surface area contributed by atoms with Gasteiger partial charge in [-0.2, -0.15) is 5.10 Å². The summed E-state index contributed by atoms with van der Waals surface area (Å²) < 4.78 is 1.76. The Labute approximate surface area is 115 Å². The van der Waals surface area contributed by atoms with Crippen molar-refractivity contribution < 1.29 is 9.90 Å². The van der Waals surface area contributed by atoms with Gasteiger partial charge in [-0.25, -0.2) is 4.79 Å². The topological polar surface area (TPSA) is 55.1 Å². The monoisotopic (exact) mass is 274 g/mol. The lowest BCUT2D eigenvalue weighted by Crippen LogP contribution is -1.89. The molecule has 5 heteroatoms. The van der Waals surface area contributed by atoms with Crippen molar-refractivity contribution in [1.29, 1.82) is 0 Å². The quantitative estimate of drug-likeness (QED) is 0.673. The Balaban J connectivity index is 2.09. The second kappa shape index (κ2) is 6.24. The lowest BCUT2D eigenvalue weighted by molar-refractivity contribution is -0.131. The molecule has 1 aromatic carbocycles. The maximum absolute atomic E-state index is 10.6. The highest BCUT2D eigenvalue weighted by Gasteiger charge is 2.02. The molecule has 0 saturated carbocycles. The molecule has 0 unspecified atom stereocenters. The SMILES string of the molecule is Cn1cc(SCc2ccccc2C=CC(=O)O)cn1. The van der Waals surface area contributed by atoms with Crippen LogP contribution in [-0.4, -0.2) is 20.9 Å². The number of hydrogen-bond donors (Lipinski definition) is 1. The average molecular weight is 274 g/mol. The molecule has 1 N–H and O–H groups in total. The molecule has 19 heavy (non-hydrogen) atoms. The number of thioether (sulfide) groups is 1. The third kappa shape index (κ3) is 3.99. The average Bonchev–Trinajstić information content (AvgIpc) is 2.80. The van der Waals surface area contributed by atoms with Crippen LogP contribution in [0.25, 0.3) is 6.08 Å². The predicted octanol–water partition coefficient (Wildman–Crippen LogP) is 2.81. The van der Waals surface area contributed by atoms with E-state index in [1.807, 2.05) is 43.7 Å². The lowest BCUT2D eigenvalue weighted by atomic mass is 10.1. The molecular formula is C14H14N2O2S. The number of carboxylic acids is 1. The van der Waals surface area contributed by atoms with Gasteiger partial charge in [-0.3, -0.25) is 4.68 Å². The van der Waals surface area contributed by atoms with Gasteiger partial charge >= 0.3 is 5.97 Å². The first-order valence-electron chi connectivity index (χ1n) is 5.75. The summed E-state index contributed by atoms with van der Waals surface area (Å²) in [4.78, 5) is 11.7. The number of aromatic nitrogens is 2. The molecule has 2 aromatic rings. The fraction of sp³-hybridized carbons (Fsp3) is 0.143. The van der Waals surface area contributed by atoms with Crippen LogP contribution in [0.15, 0.2) is 47.6 Å². The van der Waals surface area contributed by atoms with Gasteiger partial charge in [-0.05, 0) is 17.2 Å². The van der Waals surface area contributed by atoms with E-state index in [4.69, 9.17) is 5.11 Å². The number of benzene rings is 1. The fourth-order valence-electron chi connectivity index (χ4n) is 1.62. The molecule has 2 rings (SSSR count). The normalized spacial score (nSPS) is 11.0. The summed E-state index contributed by atoms with van der Waals surface area (Å²) in [6, 6.07) is 7.78. The molecule has 0 saturated heterocycles. The minimum Gasteiger partial charge on any atom is -0.478 e. The van der Waals surface area contributed by atoms with Crippen LogP contribution in [-0.2, 0) is 17.6 Å². The Hall–Kier alpha value is -2.01. The summed E-state index contributed by atoms with van der Waals surface area (Å²) in [5, 5.41) is 12.8. The van der Waals surface area contributed by atoms with Crippen molar-refractivity contribution in [1.82, 2.24) is 9.78 Å². The Bertz CT molecular complexity index is 605. The summed E-state index contributed by atoms with van der Waals surface area (Å²) in [5.74, 6) is -0.152. The predicted molar refractivity (Wildman–Crippen MR) is 75.9 cm³/mol. The van der Waals surface area contributed by atoms with Crippen LogP contribution in [0.5, 0.6) is 0 Å². The second-order valence-corrected chi connectivity index (χ2v) is 5.06. The number of rotatable bonds is 5. The molecule has 0 spiro atoms. The molecule has 0 aliphatic rings. The van der Waals surface area contributed by atoms with Gasteiger partial charge in [0, 0.05) is 30.0 Å². The minimum atomic E-state index is -0.935. The van der Waals surface area contributed by atoms with Gasteiger partial charge in [0.1, 0.15) is 0 Å². The van der Waals surface area contributed by atoms with Crippen molar-refractivity contribution in [3.8, 4) is 0 Å². The zero-order chi connectivity index (χ0) is 13.7. The van der Waals surface area contributed by atoms with E-state index in [2.05, 4.69) is 5.10 Å². The van der Waals surface area contributed by atoms with Crippen molar-refractivity contribution in [2.24, 2.45) is 7.05 Å². The van der Waals surface area contributed by atoms with E-state index in [-0.39, 0.29) is 0 Å². The van der Waals surface area contributed by atoms with Crippen molar-refractivity contribution in [3.63, 3.8) is 0 Å². The molecule has 4 nitrogen and oxygen atoms in total. The Kier molecular flexibility index (Phi) is 4.41. The summed E-state index contributed by atoms with van der Waals surface area (Å²) in [6.07, 6.45) is 6.57. The van der Waals surface area contributed by atoms with Gasteiger partial charge in [0.15, 0.2) is 0 Å². The van der Waals surface area contributed by atoms with Crippen LogP contribution in [0.3, 0.4) is 0 Å². The summed E-state index contributed by atoms with van der Waals surface area (Å²) in [5.41, 5.74) is 2.04. The van der Waals surface area contributed by atoms with Crippen molar-refractivity contribution in [3.05, 3.63) is 53.9 Å². The summed E-state index contributed by atoms with van der Waals surface area (Å²) >= 11 is 1.68. The number of hydrogen-bond acceptors (Lipinski definition) is 3.